The van der Waals surface area contributed by atoms with Crippen molar-refractivity contribution in [3.63, 3.8) is 0 Å². The fourth-order valence-electron chi connectivity index (χ4n) is 4.92. The maximum Gasteiger partial charge on any atom is 0.313 e. The number of benzene rings is 2. The number of aliphatic hydroxyl groups is 1. The van der Waals surface area contributed by atoms with Crippen molar-refractivity contribution in [1.82, 2.24) is 5.32 Å². The van der Waals surface area contributed by atoms with Gasteiger partial charge in [-0.2, -0.15) is 0 Å². The molecule has 3 N–H and O–H groups in total. The molecule has 2 aromatic carbocycles. The lowest BCUT2D eigenvalue weighted by molar-refractivity contribution is -0.136. The van der Waals surface area contributed by atoms with E-state index in [-0.39, 0.29) is 12.5 Å². The Morgan fingerprint density at radius 3 is 2.72 bits per heavy atom. The van der Waals surface area contributed by atoms with Gasteiger partial charge in [0.05, 0.1) is 18.2 Å². The third kappa shape index (κ3) is 3.60. The maximum absolute atomic E-state index is 12.4. The molecule has 8 nitrogen and oxygen atoms in total. The van der Waals surface area contributed by atoms with E-state index >= 15 is 0 Å². The van der Waals surface area contributed by atoms with Crippen LogP contribution in [0.1, 0.15) is 34.8 Å². The number of likely N-dealkylation sites (N-methyl/N-ethyl adjacent to an activating group) is 1. The zero-order valence-corrected chi connectivity index (χ0v) is 18.0. The number of hydrogen-bond acceptors (Lipinski definition) is 5. The third-order valence-corrected chi connectivity index (χ3v) is 6.54. The second-order valence-electron chi connectivity index (χ2n) is 8.71. The topological polar surface area (TPSA) is 102 Å². The molecule has 3 heterocycles. The van der Waals surface area contributed by atoms with E-state index in [4.69, 9.17) is 0 Å². The van der Waals surface area contributed by atoms with Crippen molar-refractivity contribution in [2.45, 2.75) is 31.8 Å². The first kappa shape index (κ1) is 20.5. The number of hydrogen-bond donors (Lipinski definition) is 3. The normalized spacial score (nSPS) is 17.1. The number of rotatable bonds is 4. The van der Waals surface area contributed by atoms with E-state index in [1.165, 1.54) is 5.56 Å². The summed E-state index contributed by atoms with van der Waals surface area (Å²) in [4.78, 5) is 40.9. The van der Waals surface area contributed by atoms with E-state index in [2.05, 4.69) is 15.5 Å². The quantitative estimate of drug-likeness (QED) is 0.630. The molecule has 5 rings (SSSR count). The average molecular weight is 434 g/mol. The van der Waals surface area contributed by atoms with E-state index in [0.29, 0.717) is 17.7 Å². The van der Waals surface area contributed by atoms with Gasteiger partial charge in [-0.25, -0.2) is 0 Å². The van der Waals surface area contributed by atoms with Crippen molar-refractivity contribution in [3.05, 3.63) is 52.6 Å². The molecule has 0 aromatic heterocycles. The number of anilines is 3. The lowest BCUT2D eigenvalue weighted by Gasteiger charge is -2.26. The second kappa shape index (κ2) is 7.94. The number of fused-ring (bicyclic) bond motifs is 1. The summed E-state index contributed by atoms with van der Waals surface area (Å²) in [5.74, 6) is -1.52. The SMILES string of the molecule is CN1CCc2cc(C(O)CNC(=O)C(=O)Nc3cc4c5c(c3)CC(=O)N5CCC4)ccc21. The Balaban J connectivity index is 1.20. The highest BCUT2D eigenvalue weighted by atomic mass is 16.3. The van der Waals surface area contributed by atoms with E-state index < -0.39 is 17.9 Å². The molecular weight excluding hydrogens is 408 g/mol. The Kier molecular flexibility index (Phi) is 5.09. The lowest BCUT2D eigenvalue weighted by atomic mass is 9.99. The van der Waals surface area contributed by atoms with Crippen LogP contribution in [0.15, 0.2) is 30.3 Å². The number of nitrogens with zero attached hydrogens (tertiary/aromatic N) is 2. The molecule has 166 valence electrons. The highest BCUT2D eigenvalue weighted by Gasteiger charge is 2.32. The number of carbonyl (C=O) groups excluding carboxylic acids is 3. The fraction of sp³-hybridized carbons (Fsp3) is 0.375. The van der Waals surface area contributed by atoms with Gasteiger partial charge in [0.1, 0.15) is 0 Å². The number of aryl methyl sites for hydroxylation is 1. The van der Waals surface area contributed by atoms with Crippen LogP contribution in [0.3, 0.4) is 0 Å². The minimum atomic E-state index is -0.899. The van der Waals surface area contributed by atoms with Crippen LogP contribution in [0, 0.1) is 0 Å². The maximum atomic E-state index is 12.4. The number of aliphatic hydroxyl groups excluding tert-OH is 1. The molecule has 3 aliphatic rings. The molecule has 8 heteroatoms. The Hall–Kier alpha value is -3.39. The summed E-state index contributed by atoms with van der Waals surface area (Å²) in [5, 5.41) is 15.6. The van der Waals surface area contributed by atoms with E-state index in [0.717, 1.165) is 54.9 Å². The predicted molar refractivity (Wildman–Crippen MR) is 121 cm³/mol. The van der Waals surface area contributed by atoms with Gasteiger partial charge in [0.15, 0.2) is 0 Å². The molecule has 0 bridgehead atoms. The first-order chi connectivity index (χ1) is 15.4. The Bertz CT molecular complexity index is 1130. The molecule has 0 saturated carbocycles. The average Bonchev–Trinajstić information content (AvgIpc) is 3.32. The summed E-state index contributed by atoms with van der Waals surface area (Å²) in [6.45, 7) is 1.62. The molecular formula is C24H26N4O4. The largest absolute Gasteiger partial charge is 0.387 e. The lowest BCUT2D eigenvalue weighted by Crippen LogP contribution is -2.37. The van der Waals surface area contributed by atoms with Crippen molar-refractivity contribution in [1.29, 1.82) is 0 Å². The zero-order chi connectivity index (χ0) is 22.4. The van der Waals surface area contributed by atoms with Crippen LogP contribution in [-0.4, -0.2) is 49.5 Å². The zero-order valence-electron chi connectivity index (χ0n) is 18.0. The van der Waals surface area contributed by atoms with E-state index in [1.807, 2.05) is 36.2 Å². The van der Waals surface area contributed by atoms with Gasteiger partial charge in [-0.3, -0.25) is 14.4 Å². The molecule has 2 aromatic rings. The van der Waals surface area contributed by atoms with E-state index in [1.54, 1.807) is 6.07 Å². The third-order valence-electron chi connectivity index (χ3n) is 6.54. The summed E-state index contributed by atoms with van der Waals surface area (Å²) >= 11 is 0. The van der Waals surface area contributed by atoms with Gasteiger partial charge in [-0.1, -0.05) is 12.1 Å². The van der Waals surface area contributed by atoms with Gasteiger partial charge in [0.2, 0.25) is 5.91 Å². The summed E-state index contributed by atoms with van der Waals surface area (Å²) in [5.41, 5.74) is 6.43. The minimum absolute atomic E-state index is 0.0558. The number of nitrogens with one attached hydrogen (secondary N) is 2. The first-order valence-electron chi connectivity index (χ1n) is 11.0. The van der Waals surface area contributed by atoms with Crippen molar-refractivity contribution in [2.75, 3.05) is 41.8 Å². The van der Waals surface area contributed by atoms with Crippen molar-refractivity contribution >= 4 is 34.8 Å². The summed E-state index contributed by atoms with van der Waals surface area (Å²) < 4.78 is 0. The molecule has 0 fully saturated rings. The fourth-order valence-corrected chi connectivity index (χ4v) is 4.92. The summed E-state index contributed by atoms with van der Waals surface area (Å²) in [7, 11) is 2.03. The Labute approximate surface area is 186 Å². The van der Waals surface area contributed by atoms with Crippen LogP contribution in [-0.2, 0) is 33.6 Å². The predicted octanol–water partition coefficient (Wildman–Crippen LogP) is 1.30. The number of amides is 3. The molecule has 1 unspecified atom stereocenters. The second-order valence-corrected chi connectivity index (χ2v) is 8.71. The number of carbonyl (C=O) groups is 3. The standard InChI is InChI=1S/C24H26N4O4/c1-27-8-6-14-9-15(4-5-19(14)27)20(29)13-25-23(31)24(32)26-18-10-16-3-2-7-28-21(30)12-17(11-18)22(16)28/h4-5,9-11,20,29H,2-3,6-8,12-13H2,1H3,(H,25,31)(H,26,32). The van der Waals surface area contributed by atoms with Crippen LogP contribution in [0.4, 0.5) is 17.1 Å². The minimum Gasteiger partial charge on any atom is -0.387 e. The van der Waals surface area contributed by atoms with Gasteiger partial charge in [-0.05, 0) is 59.7 Å². The first-order valence-corrected chi connectivity index (χ1v) is 11.0. The van der Waals surface area contributed by atoms with Crippen LogP contribution in [0.2, 0.25) is 0 Å². The Morgan fingerprint density at radius 2 is 1.88 bits per heavy atom. The molecule has 3 aliphatic heterocycles. The van der Waals surface area contributed by atoms with Crippen molar-refractivity contribution in [2.24, 2.45) is 0 Å². The molecule has 0 spiro atoms. The van der Waals surface area contributed by atoms with Gasteiger partial charge in [0.25, 0.3) is 0 Å². The van der Waals surface area contributed by atoms with Gasteiger partial charge in [-0.15, -0.1) is 0 Å². The van der Waals surface area contributed by atoms with E-state index in [9.17, 15) is 19.5 Å². The molecule has 3 amide bonds. The highest BCUT2D eigenvalue weighted by molar-refractivity contribution is 6.39. The molecule has 0 radical (unpaired) electrons. The highest BCUT2D eigenvalue weighted by Crippen LogP contribution is 2.38. The summed E-state index contributed by atoms with van der Waals surface area (Å²) in [6, 6.07) is 9.38. The molecule has 0 aliphatic carbocycles. The summed E-state index contributed by atoms with van der Waals surface area (Å²) in [6.07, 6.45) is 2.07. The van der Waals surface area contributed by atoms with Crippen LogP contribution >= 0.6 is 0 Å². The van der Waals surface area contributed by atoms with Gasteiger partial charge >= 0.3 is 11.8 Å². The molecule has 1 atom stereocenters. The molecule has 0 saturated heterocycles. The Morgan fingerprint density at radius 1 is 1.06 bits per heavy atom. The van der Waals surface area contributed by atoms with Crippen LogP contribution in [0.25, 0.3) is 0 Å². The van der Waals surface area contributed by atoms with Crippen molar-refractivity contribution < 1.29 is 19.5 Å². The van der Waals surface area contributed by atoms with Crippen LogP contribution < -0.4 is 20.4 Å². The molecule has 32 heavy (non-hydrogen) atoms. The van der Waals surface area contributed by atoms with Crippen molar-refractivity contribution in [3.8, 4) is 0 Å². The van der Waals surface area contributed by atoms with Gasteiger partial charge < -0.3 is 25.5 Å². The van der Waals surface area contributed by atoms with Crippen LogP contribution in [0.5, 0.6) is 0 Å². The smallest absolute Gasteiger partial charge is 0.313 e. The monoisotopic (exact) mass is 434 g/mol. The van der Waals surface area contributed by atoms with Gasteiger partial charge in [0, 0.05) is 38.1 Å².